The Hall–Kier alpha value is -3.35. The average molecular weight is 473 g/mol. The predicted molar refractivity (Wildman–Crippen MR) is 123 cm³/mol. The van der Waals surface area contributed by atoms with Crippen LogP contribution in [0, 0.1) is 11.3 Å². The normalized spacial score (nSPS) is 16.7. The molecule has 1 aromatic carbocycles. The minimum Gasteiger partial charge on any atom is -0.495 e. The van der Waals surface area contributed by atoms with Crippen molar-refractivity contribution in [2.24, 2.45) is 4.99 Å². The number of nitrogens with zero attached hydrogens (tertiary/aromatic N) is 4. The number of carbonyl (C=O) groups excluding carboxylic acids is 1. The van der Waals surface area contributed by atoms with Crippen molar-refractivity contribution < 1.29 is 19.1 Å². The molecule has 2 unspecified atom stereocenters. The van der Waals surface area contributed by atoms with Crippen molar-refractivity contribution in [3.63, 3.8) is 0 Å². The van der Waals surface area contributed by atoms with E-state index in [-0.39, 0.29) is 6.42 Å². The fraction of sp³-hybridized carbons (Fsp3) is 0.391. The molecule has 9 nitrogen and oxygen atoms in total. The van der Waals surface area contributed by atoms with Gasteiger partial charge in [0.1, 0.15) is 23.6 Å². The quantitative estimate of drug-likeness (QED) is 0.591. The predicted octanol–water partition coefficient (Wildman–Crippen LogP) is 3.55. The highest BCUT2D eigenvalue weighted by atomic mass is 35.5. The topological polar surface area (TPSA) is 106 Å². The van der Waals surface area contributed by atoms with Crippen molar-refractivity contribution >= 4 is 24.0 Å². The van der Waals surface area contributed by atoms with Crippen LogP contribution >= 0.6 is 11.6 Å². The highest BCUT2D eigenvalue weighted by Crippen LogP contribution is 2.34. The van der Waals surface area contributed by atoms with Gasteiger partial charge < -0.3 is 14.3 Å². The Bertz CT molecular complexity index is 1180. The third kappa shape index (κ3) is 5.53. The van der Waals surface area contributed by atoms with Gasteiger partial charge >= 0.3 is 5.97 Å². The Morgan fingerprint density at radius 2 is 2.06 bits per heavy atom. The van der Waals surface area contributed by atoms with Gasteiger partial charge in [-0.15, -0.1) is 5.06 Å². The second kappa shape index (κ2) is 9.65. The lowest BCUT2D eigenvalue weighted by Gasteiger charge is -2.27. The van der Waals surface area contributed by atoms with E-state index in [1.54, 1.807) is 46.0 Å². The molecule has 2 aromatic rings. The maximum absolute atomic E-state index is 13.2. The zero-order valence-corrected chi connectivity index (χ0v) is 19.8. The fourth-order valence-electron chi connectivity index (χ4n) is 3.42. The van der Waals surface area contributed by atoms with Crippen LogP contribution in [0.1, 0.15) is 38.8 Å². The lowest BCUT2D eigenvalue weighted by Crippen LogP contribution is -2.38. The fourth-order valence-corrected chi connectivity index (χ4v) is 3.59. The first kappa shape index (κ1) is 24.3. The van der Waals surface area contributed by atoms with E-state index in [2.05, 4.69) is 11.1 Å². The molecule has 2 heterocycles. The molecule has 0 N–H and O–H groups in total. The number of aromatic nitrogens is 1. The SMILES string of the molecule is COc1cn(C(CC2N=CON2C)C(=O)OC(C)(C)C)c(=O)cc1-c1cc(Cl)ccc1C#N. The number of esters is 1. The summed E-state index contributed by atoms with van der Waals surface area (Å²) in [5.41, 5.74) is -0.0607. The van der Waals surface area contributed by atoms with Crippen molar-refractivity contribution in [1.82, 2.24) is 9.63 Å². The summed E-state index contributed by atoms with van der Waals surface area (Å²) in [6.07, 6.45) is 2.36. The van der Waals surface area contributed by atoms with Gasteiger partial charge in [-0.05, 0) is 39.0 Å². The third-order valence-electron chi connectivity index (χ3n) is 4.97. The maximum Gasteiger partial charge on any atom is 0.329 e. The Balaban J connectivity index is 2.12. The number of ether oxygens (including phenoxy) is 2. The number of benzene rings is 1. The second-order valence-electron chi connectivity index (χ2n) is 8.47. The average Bonchev–Trinajstić information content (AvgIpc) is 3.15. The molecule has 0 spiro atoms. The molecule has 0 bridgehead atoms. The molecule has 33 heavy (non-hydrogen) atoms. The molecule has 1 aromatic heterocycles. The molecule has 0 aliphatic carbocycles. The number of hydrogen-bond acceptors (Lipinski definition) is 8. The number of pyridine rings is 1. The largest absolute Gasteiger partial charge is 0.495 e. The van der Waals surface area contributed by atoms with Crippen molar-refractivity contribution in [2.75, 3.05) is 14.2 Å². The summed E-state index contributed by atoms with van der Waals surface area (Å²) < 4.78 is 12.4. The van der Waals surface area contributed by atoms with Crippen LogP contribution in [0.2, 0.25) is 5.02 Å². The number of aliphatic imine (C=N–C) groups is 1. The van der Waals surface area contributed by atoms with Gasteiger partial charge in [0.25, 0.3) is 5.56 Å². The summed E-state index contributed by atoms with van der Waals surface area (Å²) >= 11 is 6.13. The Labute approximate surface area is 196 Å². The van der Waals surface area contributed by atoms with Crippen molar-refractivity contribution in [1.29, 1.82) is 5.26 Å². The molecule has 10 heteroatoms. The molecule has 3 rings (SSSR count). The Kier molecular flexibility index (Phi) is 7.10. The number of halogens is 1. The van der Waals surface area contributed by atoms with E-state index in [1.165, 1.54) is 35.4 Å². The minimum atomic E-state index is -0.999. The number of methoxy groups -OCH3 is 1. The monoisotopic (exact) mass is 472 g/mol. The zero-order valence-electron chi connectivity index (χ0n) is 19.0. The van der Waals surface area contributed by atoms with Crippen LogP contribution in [0.15, 0.2) is 40.2 Å². The van der Waals surface area contributed by atoms with Crippen molar-refractivity contribution in [3.05, 3.63) is 51.4 Å². The van der Waals surface area contributed by atoms with Gasteiger partial charge in [-0.1, -0.05) is 11.6 Å². The van der Waals surface area contributed by atoms with Crippen LogP contribution in [0.25, 0.3) is 11.1 Å². The Morgan fingerprint density at radius 1 is 1.33 bits per heavy atom. The van der Waals surface area contributed by atoms with Crippen LogP contribution in [-0.4, -0.2) is 47.9 Å². The lowest BCUT2D eigenvalue weighted by atomic mass is 10.00. The molecule has 0 radical (unpaired) electrons. The lowest BCUT2D eigenvalue weighted by molar-refractivity contribution is -0.160. The summed E-state index contributed by atoms with van der Waals surface area (Å²) in [5.74, 6) is -0.295. The first-order valence-electron chi connectivity index (χ1n) is 10.2. The van der Waals surface area contributed by atoms with E-state index in [4.69, 9.17) is 25.9 Å². The van der Waals surface area contributed by atoms with Gasteiger partial charge in [-0.3, -0.25) is 9.36 Å². The van der Waals surface area contributed by atoms with Gasteiger partial charge in [-0.2, -0.15) is 5.26 Å². The van der Waals surface area contributed by atoms with Gasteiger partial charge in [0, 0.05) is 35.7 Å². The number of rotatable bonds is 6. The smallest absolute Gasteiger partial charge is 0.329 e. The Morgan fingerprint density at radius 3 is 2.64 bits per heavy atom. The zero-order chi connectivity index (χ0) is 24.3. The number of hydroxylamine groups is 2. The van der Waals surface area contributed by atoms with Crippen LogP contribution in [0.4, 0.5) is 0 Å². The molecule has 1 aliphatic rings. The molecule has 174 valence electrons. The van der Waals surface area contributed by atoms with Gasteiger partial charge in [-0.25, -0.2) is 9.79 Å². The number of nitriles is 1. The molecular formula is C23H25ClN4O5. The summed E-state index contributed by atoms with van der Waals surface area (Å²) in [6.45, 7) is 5.25. The molecule has 0 amide bonds. The summed E-state index contributed by atoms with van der Waals surface area (Å²) in [5, 5.41) is 11.4. The summed E-state index contributed by atoms with van der Waals surface area (Å²) in [7, 11) is 3.12. The molecule has 2 atom stereocenters. The van der Waals surface area contributed by atoms with E-state index in [0.29, 0.717) is 27.5 Å². The van der Waals surface area contributed by atoms with Crippen LogP contribution in [-0.2, 0) is 14.4 Å². The van der Waals surface area contributed by atoms with Gasteiger partial charge in [0.05, 0.1) is 24.9 Å². The summed E-state index contributed by atoms with van der Waals surface area (Å²) in [4.78, 5) is 35.8. The first-order chi connectivity index (χ1) is 15.5. The number of hydrogen-bond donors (Lipinski definition) is 0. The standard InChI is InChI=1S/C23H25ClN4O5/c1-23(2,3)33-22(30)18(10-20-26-13-32-27(20)4)28-12-19(31-5)17(9-21(28)29)16-8-15(24)7-6-14(16)11-25/h6-9,12-13,18,20H,10H2,1-5H3. The highest BCUT2D eigenvalue weighted by Gasteiger charge is 2.33. The molecular weight excluding hydrogens is 448 g/mol. The van der Waals surface area contributed by atoms with Gasteiger partial charge in [0.15, 0.2) is 6.40 Å². The van der Waals surface area contributed by atoms with E-state index >= 15 is 0 Å². The molecule has 1 aliphatic heterocycles. The van der Waals surface area contributed by atoms with Crippen LogP contribution < -0.4 is 10.3 Å². The van der Waals surface area contributed by atoms with Crippen molar-refractivity contribution in [2.45, 2.75) is 45.0 Å². The van der Waals surface area contributed by atoms with E-state index < -0.39 is 29.3 Å². The van der Waals surface area contributed by atoms with E-state index in [9.17, 15) is 14.9 Å². The maximum atomic E-state index is 13.2. The highest BCUT2D eigenvalue weighted by molar-refractivity contribution is 6.31. The number of carbonyl (C=O) groups is 1. The van der Waals surface area contributed by atoms with Crippen LogP contribution in [0.3, 0.4) is 0 Å². The van der Waals surface area contributed by atoms with Crippen LogP contribution in [0.5, 0.6) is 5.75 Å². The first-order valence-corrected chi connectivity index (χ1v) is 10.6. The second-order valence-corrected chi connectivity index (χ2v) is 8.91. The third-order valence-corrected chi connectivity index (χ3v) is 5.21. The molecule has 0 fully saturated rings. The summed E-state index contributed by atoms with van der Waals surface area (Å²) in [6, 6.07) is 7.17. The molecule has 0 saturated carbocycles. The van der Waals surface area contributed by atoms with Crippen molar-refractivity contribution in [3.8, 4) is 22.9 Å². The van der Waals surface area contributed by atoms with Gasteiger partial charge in [0.2, 0.25) is 0 Å². The van der Waals surface area contributed by atoms with E-state index in [0.717, 1.165) is 0 Å². The van der Waals surface area contributed by atoms with E-state index in [1.807, 2.05) is 0 Å². The minimum absolute atomic E-state index is 0.130. The molecule has 0 saturated heterocycles.